The Morgan fingerprint density at radius 2 is 1.86 bits per heavy atom. The average Bonchev–Trinajstić information content (AvgIpc) is 3.22. The molecule has 8 heteroatoms. The van der Waals surface area contributed by atoms with E-state index in [2.05, 4.69) is 10.3 Å². The van der Waals surface area contributed by atoms with Gasteiger partial charge in [-0.05, 0) is 43.2 Å². The maximum atomic E-state index is 14.4. The molecule has 0 unspecified atom stereocenters. The number of aromatic amines is 1. The van der Waals surface area contributed by atoms with Gasteiger partial charge in [-0.3, -0.25) is 19.1 Å². The van der Waals surface area contributed by atoms with E-state index in [1.165, 1.54) is 10.6 Å². The zero-order valence-electron chi connectivity index (χ0n) is 15.8. The number of halogens is 1. The van der Waals surface area contributed by atoms with E-state index in [1.807, 2.05) is 4.90 Å². The summed E-state index contributed by atoms with van der Waals surface area (Å²) in [5.74, 6) is -0.715. The number of rotatable bonds is 5. The summed E-state index contributed by atoms with van der Waals surface area (Å²) in [5.41, 5.74) is 0.360. The van der Waals surface area contributed by atoms with Gasteiger partial charge in [-0.15, -0.1) is 0 Å². The highest BCUT2D eigenvalue weighted by Crippen LogP contribution is 2.26. The summed E-state index contributed by atoms with van der Waals surface area (Å²) in [6.45, 7) is 1.77. The van der Waals surface area contributed by atoms with Gasteiger partial charge in [0.2, 0.25) is 5.91 Å². The lowest BCUT2D eigenvalue weighted by atomic mass is 10.2. The van der Waals surface area contributed by atoms with Crippen molar-refractivity contribution in [2.75, 3.05) is 23.3 Å². The summed E-state index contributed by atoms with van der Waals surface area (Å²) in [7, 11) is 0. The molecule has 2 N–H and O–H groups in total. The molecule has 1 aromatic heterocycles. The third kappa shape index (κ3) is 3.91. The molecule has 1 saturated heterocycles. The van der Waals surface area contributed by atoms with E-state index in [-0.39, 0.29) is 24.7 Å². The first-order valence-electron chi connectivity index (χ1n) is 9.59. The van der Waals surface area contributed by atoms with Crippen LogP contribution in [0.1, 0.15) is 19.3 Å². The Morgan fingerprint density at radius 1 is 1.10 bits per heavy atom. The molecule has 1 aliphatic rings. The normalized spacial score (nSPS) is 13.8. The molecule has 3 aromatic rings. The number of carbonyl (C=O) groups excluding carboxylic acids is 1. The molecule has 0 aliphatic carbocycles. The number of hydrogen-bond acceptors (Lipinski definition) is 4. The standard InChI is InChI=1S/C21H21FN4O3/c22-16-13-14(7-8-18(16)25-10-3-4-11-25)23-19(27)9-12-26-17-6-2-1-5-15(17)20(28)24-21(26)29/h1-2,5-8,13H,3-4,9-12H2,(H,23,27)(H,24,28,29). The molecule has 150 valence electrons. The van der Waals surface area contributed by atoms with Crippen molar-refractivity contribution in [2.24, 2.45) is 0 Å². The lowest BCUT2D eigenvalue weighted by Crippen LogP contribution is -2.31. The molecule has 0 radical (unpaired) electrons. The number of amides is 1. The number of carbonyl (C=O) groups is 1. The molecule has 0 atom stereocenters. The van der Waals surface area contributed by atoms with Crippen molar-refractivity contribution >= 4 is 28.2 Å². The number of benzene rings is 2. The molecule has 2 aromatic carbocycles. The van der Waals surface area contributed by atoms with Crippen molar-refractivity contribution in [1.29, 1.82) is 0 Å². The number of nitrogens with zero attached hydrogens (tertiary/aromatic N) is 2. The Bertz CT molecular complexity index is 1180. The lowest BCUT2D eigenvalue weighted by Gasteiger charge is -2.19. The van der Waals surface area contributed by atoms with E-state index < -0.39 is 11.2 Å². The van der Waals surface area contributed by atoms with Gasteiger partial charge in [0.15, 0.2) is 0 Å². The maximum Gasteiger partial charge on any atom is 0.328 e. The number of aromatic nitrogens is 2. The zero-order valence-corrected chi connectivity index (χ0v) is 15.8. The second kappa shape index (κ2) is 7.90. The molecule has 0 saturated carbocycles. The van der Waals surface area contributed by atoms with Crippen LogP contribution in [0.25, 0.3) is 10.9 Å². The van der Waals surface area contributed by atoms with Crippen LogP contribution < -0.4 is 21.5 Å². The van der Waals surface area contributed by atoms with Gasteiger partial charge >= 0.3 is 5.69 Å². The van der Waals surface area contributed by atoms with Gasteiger partial charge in [0.25, 0.3) is 5.56 Å². The Hall–Kier alpha value is -3.42. The Kier molecular flexibility index (Phi) is 5.16. The SMILES string of the molecule is O=C(CCn1c(=O)[nH]c(=O)c2ccccc21)Nc1ccc(N2CCCC2)c(F)c1. The Balaban J connectivity index is 1.46. The van der Waals surface area contributed by atoms with E-state index in [1.54, 1.807) is 36.4 Å². The van der Waals surface area contributed by atoms with Crippen LogP contribution in [0, 0.1) is 5.82 Å². The summed E-state index contributed by atoms with van der Waals surface area (Å²) in [6, 6.07) is 11.4. The summed E-state index contributed by atoms with van der Waals surface area (Å²) in [4.78, 5) is 40.6. The minimum Gasteiger partial charge on any atom is -0.369 e. The molecule has 7 nitrogen and oxygen atoms in total. The second-order valence-corrected chi connectivity index (χ2v) is 7.09. The van der Waals surface area contributed by atoms with Crippen molar-refractivity contribution < 1.29 is 9.18 Å². The smallest absolute Gasteiger partial charge is 0.328 e. The van der Waals surface area contributed by atoms with E-state index in [0.29, 0.717) is 22.3 Å². The number of fused-ring (bicyclic) bond motifs is 1. The van der Waals surface area contributed by atoms with Gasteiger partial charge in [-0.25, -0.2) is 9.18 Å². The van der Waals surface area contributed by atoms with Crippen LogP contribution in [0.3, 0.4) is 0 Å². The number of para-hydroxylation sites is 1. The number of anilines is 2. The second-order valence-electron chi connectivity index (χ2n) is 7.09. The molecule has 1 amide bonds. The predicted octanol–water partition coefficient (Wildman–Crippen LogP) is 2.46. The fourth-order valence-corrected chi connectivity index (χ4v) is 3.70. The topological polar surface area (TPSA) is 87.2 Å². The third-order valence-corrected chi connectivity index (χ3v) is 5.15. The highest BCUT2D eigenvalue weighted by atomic mass is 19.1. The van der Waals surface area contributed by atoms with Crippen LogP contribution in [-0.2, 0) is 11.3 Å². The predicted molar refractivity (Wildman–Crippen MR) is 110 cm³/mol. The van der Waals surface area contributed by atoms with Crippen LogP contribution >= 0.6 is 0 Å². The minimum absolute atomic E-state index is 0.00540. The Morgan fingerprint density at radius 3 is 2.62 bits per heavy atom. The number of hydrogen-bond donors (Lipinski definition) is 2. The van der Waals surface area contributed by atoms with Crippen LogP contribution in [0.5, 0.6) is 0 Å². The summed E-state index contributed by atoms with van der Waals surface area (Å²) in [5, 5.41) is 3.05. The molecular formula is C21H21FN4O3. The van der Waals surface area contributed by atoms with Crippen molar-refractivity contribution in [3.63, 3.8) is 0 Å². The highest BCUT2D eigenvalue weighted by Gasteiger charge is 2.16. The number of nitrogens with one attached hydrogen (secondary N) is 2. The van der Waals surface area contributed by atoms with Crippen LogP contribution in [-0.4, -0.2) is 28.5 Å². The summed E-state index contributed by atoms with van der Waals surface area (Å²) >= 11 is 0. The van der Waals surface area contributed by atoms with Crippen LogP contribution in [0.4, 0.5) is 15.8 Å². The largest absolute Gasteiger partial charge is 0.369 e. The monoisotopic (exact) mass is 396 g/mol. The van der Waals surface area contributed by atoms with Crippen molar-refractivity contribution in [2.45, 2.75) is 25.8 Å². The molecule has 1 aliphatic heterocycles. The van der Waals surface area contributed by atoms with Gasteiger partial charge in [0.05, 0.1) is 16.6 Å². The van der Waals surface area contributed by atoms with Gasteiger partial charge in [-0.1, -0.05) is 12.1 Å². The maximum absolute atomic E-state index is 14.4. The summed E-state index contributed by atoms with van der Waals surface area (Å²) < 4.78 is 15.8. The summed E-state index contributed by atoms with van der Waals surface area (Å²) in [6.07, 6.45) is 2.11. The van der Waals surface area contributed by atoms with Gasteiger partial charge in [0, 0.05) is 31.7 Å². The minimum atomic E-state index is -0.567. The van der Waals surface area contributed by atoms with E-state index in [4.69, 9.17) is 0 Å². The first-order chi connectivity index (χ1) is 14.0. The fraction of sp³-hybridized carbons (Fsp3) is 0.286. The zero-order chi connectivity index (χ0) is 20.4. The molecule has 29 heavy (non-hydrogen) atoms. The van der Waals surface area contributed by atoms with Gasteiger partial charge in [0.1, 0.15) is 5.82 Å². The highest BCUT2D eigenvalue weighted by molar-refractivity contribution is 5.91. The van der Waals surface area contributed by atoms with E-state index in [9.17, 15) is 18.8 Å². The van der Waals surface area contributed by atoms with E-state index >= 15 is 0 Å². The van der Waals surface area contributed by atoms with Crippen molar-refractivity contribution in [3.8, 4) is 0 Å². The Labute approximate surface area is 165 Å². The third-order valence-electron chi connectivity index (χ3n) is 5.15. The fourth-order valence-electron chi connectivity index (χ4n) is 3.70. The lowest BCUT2D eigenvalue weighted by molar-refractivity contribution is -0.116. The molecule has 1 fully saturated rings. The van der Waals surface area contributed by atoms with E-state index in [0.717, 1.165) is 25.9 Å². The average molecular weight is 396 g/mol. The van der Waals surface area contributed by atoms with Crippen molar-refractivity contribution in [1.82, 2.24) is 9.55 Å². The molecular weight excluding hydrogens is 375 g/mol. The molecule has 0 spiro atoms. The molecule has 2 heterocycles. The molecule has 4 rings (SSSR count). The number of aryl methyl sites for hydroxylation is 1. The first kappa shape index (κ1) is 18.9. The molecule has 0 bridgehead atoms. The van der Waals surface area contributed by atoms with Crippen LogP contribution in [0.15, 0.2) is 52.1 Å². The van der Waals surface area contributed by atoms with Crippen molar-refractivity contribution in [3.05, 3.63) is 69.1 Å². The van der Waals surface area contributed by atoms with Gasteiger partial charge < -0.3 is 10.2 Å². The number of H-pyrrole nitrogens is 1. The quantitative estimate of drug-likeness (QED) is 0.694. The van der Waals surface area contributed by atoms with Crippen LogP contribution in [0.2, 0.25) is 0 Å². The van der Waals surface area contributed by atoms with Gasteiger partial charge in [-0.2, -0.15) is 0 Å². The first-order valence-corrected chi connectivity index (χ1v) is 9.59.